The summed E-state index contributed by atoms with van der Waals surface area (Å²) in [5.41, 5.74) is 6.79. The van der Waals surface area contributed by atoms with Crippen molar-refractivity contribution in [2.45, 2.75) is 51.1 Å². The zero-order valence-electron chi connectivity index (χ0n) is 12.3. The Kier molecular flexibility index (Phi) is 6.50. The number of benzene rings is 1. The van der Waals surface area contributed by atoms with Crippen LogP contribution in [-0.2, 0) is 0 Å². The van der Waals surface area contributed by atoms with E-state index in [1.54, 1.807) is 0 Å². The van der Waals surface area contributed by atoms with Crippen molar-refractivity contribution < 1.29 is 4.79 Å². The SMILES string of the molecule is CCCN(C(=O)c1cc(Br)ccc1I)C1CCC(N)CC1. The predicted octanol–water partition coefficient (Wildman–Crippen LogP) is 4.18. The highest BCUT2D eigenvalue weighted by atomic mass is 127. The predicted molar refractivity (Wildman–Crippen MR) is 98.4 cm³/mol. The fraction of sp³-hybridized carbons (Fsp3) is 0.562. The van der Waals surface area contributed by atoms with Crippen LogP contribution in [0.3, 0.4) is 0 Å². The van der Waals surface area contributed by atoms with E-state index in [4.69, 9.17) is 5.73 Å². The summed E-state index contributed by atoms with van der Waals surface area (Å²) in [7, 11) is 0. The van der Waals surface area contributed by atoms with Crippen molar-refractivity contribution in [3.63, 3.8) is 0 Å². The molecular formula is C16H22BrIN2O. The van der Waals surface area contributed by atoms with Gasteiger partial charge in [-0.25, -0.2) is 0 Å². The van der Waals surface area contributed by atoms with E-state index in [-0.39, 0.29) is 5.91 Å². The summed E-state index contributed by atoms with van der Waals surface area (Å²) >= 11 is 5.71. The second kappa shape index (κ2) is 7.92. The molecule has 5 heteroatoms. The second-order valence-electron chi connectivity index (χ2n) is 5.69. The molecule has 116 valence electrons. The van der Waals surface area contributed by atoms with Gasteiger partial charge >= 0.3 is 0 Å². The molecule has 0 aliphatic heterocycles. The van der Waals surface area contributed by atoms with Crippen molar-refractivity contribution in [1.82, 2.24) is 4.90 Å². The average Bonchev–Trinajstić information content (AvgIpc) is 2.48. The maximum Gasteiger partial charge on any atom is 0.255 e. The molecule has 0 atom stereocenters. The van der Waals surface area contributed by atoms with Crippen LogP contribution in [0.1, 0.15) is 49.4 Å². The summed E-state index contributed by atoms with van der Waals surface area (Å²) in [5, 5.41) is 0. The van der Waals surface area contributed by atoms with Crippen LogP contribution in [0.15, 0.2) is 22.7 Å². The van der Waals surface area contributed by atoms with Crippen LogP contribution in [0.5, 0.6) is 0 Å². The van der Waals surface area contributed by atoms with E-state index in [9.17, 15) is 4.79 Å². The van der Waals surface area contributed by atoms with E-state index < -0.39 is 0 Å². The van der Waals surface area contributed by atoms with E-state index in [1.165, 1.54) is 0 Å². The van der Waals surface area contributed by atoms with Gasteiger partial charge in [0, 0.05) is 26.7 Å². The summed E-state index contributed by atoms with van der Waals surface area (Å²) in [6.45, 7) is 2.95. The van der Waals surface area contributed by atoms with Gasteiger partial charge in [0.2, 0.25) is 0 Å². The average molecular weight is 465 g/mol. The van der Waals surface area contributed by atoms with Gasteiger partial charge in [-0.1, -0.05) is 22.9 Å². The smallest absolute Gasteiger partial charge is 0.255 e. The Morgan fingerprint density at radius 1 is 1.38 bits per heavy atom. The maximum absolute atomic E-state index is 13.0. The van der Waals surface area contributed by atoms with Crippen LogP contribution in [0.4, 0.5) is 0 Å². The first-order chi connectivity index (χ1) is 10.0. The number of hydrogen-bond donors (Lipinski definition) is 1. The van der Waals surface area contributed by atoms with Crippen molar-refractivity contribution in [3.05, 3.63) is 31.8 Å². The Labute approximate surface area is 148 Å². The van der Waals surface area contributed by atoms with E-state index in [2.05, 4.69) is 50.3 Å². The molecule has 1 aliphatic carbocycles. The van der Waals surface area contributed by atoms with Gasteiger partial charge in [0.05, 0.1) is 5.56 Å². The fourth-order valence-electron chi connectivity index (χ4n) is 2.92. The molecule has 1 aromatic rings. The number of nitrogens with zero attached hydrogens (tertiary/aromatic N) is 1. The van der Waals surface area contributed by atoms with Crippen LogP contribution in [0.2, 0.25) is 0 Å². The molecule has 1 amide bonds. The third-order valence-electron chi connectivity index (χ3n) is 4.07. The van der Waals surface area contributed by atoms with E-state index in [0.29, 0.717) is 12.1 Å². The Morgan fingerprint density at radius 3 is 2.67 bits per heavy atom. The Hall–Kier alpha value is -0.140. The molecule has 2 N–H and O–H groups in total. The van der Waals surface area contributed by atoms with Gasteiger partial charge in [-0.15, -0.1) is 0 Å². The van der Waals surface area contributed by atoms with Gasteiger partial charge in [-0.3, -0.25) is 4.79 Å². The minimum Gasteiger partial charge on any atom is -0.336 e. The van der Waals surface area contributed by atoms with Crippen LogP contribution in [0.25, 0.3) is 0 Å². The molecule has 3 nitrogen and oxygen atoms in total. The summed E-state index contributed by atoms with van der Waals surface area (Å²) < 4.78 is 1.96. The third-order valence-corrected chi connectivity index (χ3v) is 5.50. The number of amides is 1. The highest BCUT2D eigenvalue weighted by molar-refractivity contribution is 14.1. The molecule has 1 saturated carbocycles. The molecule has 0 spiro atoms. The van der Waals surface area contributed by atoms with Gasteiger partial charge < -0.3 is 10.6 Å². The van der Waals surface area contributed by atoms with Crippen LogP contribution in [0, 0.1) is 3.57 Å². The lowest BCUT2D eigenvalue weighted by Crippen LogP contribution is -2.44. The molecule has 0 radical (unpaired) electrons. The first-order valence-electron chi connectivity index (χ1n) is 7.54. The molecule has 1 aromatic carbocycles. The van der Waals surface area contributed by atoms with E-state index in [0.717, 1.165) is 52.3 Å². The molecule has 0 unspecified atom stereocenters. The van der Waals surface area contributed by atoms with Crippen molar-refractivity contribution in [2.24, 2.45) is 5.73 Å². The zero-order valence-corrected chi connectivity index (χ0v) is 16.1. The first kappa shape index (κ1) is 17.2. The number of rotatable bonds is 4. The van der Waals surface area contributed by atoms with Crippen molar-refractivity contribution in [3.8, 4) is 0 Å². The van der Waals surface area contributed by atoms with Crippen molar-refractivity contribution >= 4 is 44.4 Å². The first-order valence-corrected chi connectivity index (χ1v) is 9.41. The topological polar surface area (TPSA) is 46.3 Å². The Bertz CT molecular complexity index is 501. The lowest BCUT2D eigenvalue weighted by atomic mass is 9.90. The molecule has 0 saturated heterocycles. The highest BCUT2D eigenvalue weighted by Gasteiger charge is 2.28. The van der Waals surface area contributed by atoms with E-state index >= 15 is 0 Å². The molecule has 0 heterocycles. The summed E-state index contributed by atoms with van der Waals surface area (Å²) in [5.74, 6) is 0.156. The fourth-order valence-corrected chi connectivity index (χ4v) is 3.85. The lowest BCUT2D eigenvalue weighted by molar-refractivity contribution is 0.0625. The van der Waals surface area contributed by atoms with Crippen LogP contribution in [-0.4, -0.2) is 29.4 Å². The monoisotopic (exact) mass is 464 g/mol. The Balaban J connectivity index is 2.20. The lowest BCUT2D eigenvalue weighted by Gasteiger charge is -2.36. The molecule has 1 aliphatic rings. The van der Waals surface area contributed by atoms with Gasteiger partial charge in [0.15, 0.2) is 0 Å². The van der Waals surface area contributed by atoms with E-state index in [1.807, 2.05) is 18.2 Å². The van der Waals surface area contributed by atoms with Gasteiger partial charge in [0.25, 0.3) is 5.91 Å². The number of nitrogens with two attached hydrogens (primary N) is 1. The summed E-state index contributed by atoms with van der Waals surface area (Å²) in [4.78, 5) is 15.0. The van der Waals surface area contributed by atoms with Crippen LogP contribution >= 0.6 is 38.5 Å². The number of hydrogen-bond acceptors (Lipinski definition) is 2. The maximum atomic E-state index is 13.0. The minimum absolute atomic E-state index is 0.156. The van der Waals surface area contributed by atoms with Crippen LogP contribution < -0.4 is 5.73 Å². The second-order valence-corrected chi connectivity index (χ2v) is 7.77. The largest absolute Gasteiger partial charge is 0.336 e. The molecule has 0 aromatic heterocycles. The van der Waals surface area contributed by atoms with Gasteiger partial charge in [-0.05, 0) is 72.9 Å². The zero-order chi connectivity index (χ0) is 15.4. The summed E-state index contributed by atoms with van der Waals surface area (Å²) in [6, 6.07) is 6.54. The van der Waals surface area contributed by atoms with Crippen molar-refractivity contribution in [2.75, 3.05) is 6.54 Å². The summed E-state index contributed by atoms with van der Waals surface area (Å²) in [6.07, 6.45) is 5.08. The number of carbonyl (C=O) groups excluding carboxylic acids is 1. The van der Waals surface area contributed by atoms with Gasteiger partial charge in [-0.2, -0.15) is 0 Å². The molecule has 2 rings (SSSR count). The third kappa shape index (κ3) is 4.42. The minimum atomic E-state index is 0.156. The molecule has 0 bridgehead atoms. The Morgan fingerprint density at radius 2 is 2.05 bits per heavy atom. The molecule has 21 heavy (non-hydrogen) atoms. The van der Waals surface area contributed by atoms with Crippen molar-refractivity contribution in [1.29, 1.82) is 0 Å². The number of carbonyl (C=O) groups is 1. The van der Waals surface area contributed by atoms with Gasteiger partial charge in [0.1, 0.15) is 0 Å². The molecular weight excluding hydrogens is 443 g/mol. The quantitative estimate of drug-likeness (QED) is 0.679. The normalized spacial score (nSPS) is 22.1. The highest BCUT2D eigenvalue weighted by Crippen LogP contribution is 2.26. The molecule has 1 fully saturated rings. The standard InChI is InChI=1S/C16H22BrIN2O/c1-2-9-20(13-6-4-12(19)5-7-13)16(21)14-10-11(17)3-8-15(14)18/h3,8,10,12-13H,2,4-7,9,19H2,1H3. The number of halogens is 2.